The van der Waals surface area contributed by atoms with E-state index >= 15 is 0 Å². The van der Waals surface area contributed by atoms with Crippen LogP contribution >= 0.6 is 0 Å². The number of aldehydes is 1. The van der Waals surface area contributed by atoms with Crippen LogP contribution in [0.2, 0.25) is 0 Å². The number of hydrogen-bond donors (Lipinski definition) is 0. The first kappa shape index (κ1) is 15.1. The number of carbonyl (C=O) groups is 1. The zero-order chi connectivity index (χ0) is 14.4. The van der Waals surface area contributed by atoms with Crippen molar-refractivity contribution in [3.8, 4) is 0 Å². The molecule has 0 bridgehead atoms. The molecule has 0 saturated heterocycles. The third-order valence-corrected chi connectivity index (χ3v) is 2.95. The molecule has 6 heteroatoms. The smallest absolute Gasteiger partial charge is 0.280 e. The van der Waals surface area contributed by atoms with Crippen LogP contribution in [0.3, 0.4) is 0 Å². The molecule has 0 amide bonds. The Bertz CT molecular complexity index is 462. The standard InChI is InChI=1S/C13H18N2O4/c1-4-14(10(2)9-19-3)12-5-6-13(15(17)18)11(7-12)8-16/h5-8,10H,4,9H2,1-3H3. The summed E-state index contributed by atoms with van der Waals surface area (Å²) in [5.74, 6) is 0. The maximum absolute atomic E-state index is 10.9. The zero-order valence-electron chi connectivity index (χ0n) is 11.3. The molecular weight excluding hydrogens is 248 g/mol. The van der Waals surface area contributed by atoms with E-state index in [0.29, 0.717) is 12.9 Å². The van der Waals surface area contributed by atoms with Crippen molar-refractivity contribution in [2.24, 2.45) is 0 Å². The molecule has 0 aliphatic rings. The lowest BCUT2D eigenvalue weighted by Crippen LogP contribution is -2.36. The Morgan fingerprint density at radius 2 is 2.21 bits per heavy atom. The highest BCUT2D eigenvalue weighted by molar-refractivity contribution is 5.83. The fraction of sp³-hybridized carbons (Fsp3) is 0.462. The highest BCUT2D eigenvalue weighted by Crippen LogP contribution is 2.25. The van der Waals surface area contributed by atoms with Gasteiger partial charge in [0.15, 0.2) is 6.29 Å². The number of benzene rings is 1. The average Bonchev–Trinajstić information content (AvgIpc) is 2.39. The quantitative estimate of drug-likeness (QED) is 0.430. The molecule has 0 aliphatic heterocycles. The van der Waals surface area contributed by atoms with Crippen LogP contribution in [-0.4, -0.2) is 37.5 Å². The number of ether oxygens (including phenoxy) is 1. The first-order valence-corrected chi connectivity index (χ1v) is 6.04. The molecule has 6 nitrogen and oxygen atoms in total. The fourth-order valence-electron chi connectivity index (χ4n) is 2.06. The maximum atomic E-state index is 10.9. The highest BCUT2D eigenvalue weighted by atomic mass is 16.6. The molecule has 0 heterocycles. The molecule has 1 unspecified atom stereocenters. The van der Waals surface area contributed by atoms with E-state index < -0.39 is 4.92 Å². The Morgan fingerprint density at radius 1 is 1.53 bits per heavy atom. The lowest BCUT2D eigenvalue weighted by Gasteiger charge is -2.29. The van der Waals surface area contributed by atoms with Gasteiger partial charge < -0.3 is 9.64 Å². The van der Waals surface area contributed by atoms with Crippen LogP contribution in [0, 0.1) is 10.1 Å². The summed E-state index contributed by atoms with van der Waals surface area (Å²) < 4.78 is 5.11. The van der Waals surface area contributed by atoms with E-state index in [-0.39, 0.29) is 17.3 Å². The van der Waals surface area contributed by atoms with Gasteiger partial charge in [0.2, 0.25) is 0 Å². The molecule has 104 valence electrons. The van der Waals surface area contributed by atoms with Crippen molar-refractivity contribution in [1.29, 1.82) is 0 Å². The number of anilines is 1. The van der Waals surface area contributed by atoms with Crippen LogP contribution in [0.15, 0.2) is 18.2 Å². The predicted octanol–water partition coefficient (Wildman–Crippen LogP) is 2.27. The van der Waals surface area contributed by atoms with Gasteiger partial charge in [-0.3, -0.25) is 14.9 Å². The Kier molecular flexibility index (Phi) is 5.44. The van der Waals surface area contributed by atoms with Crippen LogP contribution in [-0.2, 0) is 4.74 Å². The van der Waals surface area contributed by atoms with Gasteiger partial charge >= 0.3 is 0 Å². The van der Waals surface area contributed by atoms with E-state index in [1.807, 2.05) is 18.7 Å². The third kappa shape index (κ3) is 3.51. The van der Waals surface area contributed by atoms with E-state index in [2.05, 4.69) is 0 Å². The van der Waals surface area contributed by atoms with Crippen molar-refractivity contribution in [3.05, 3.63) is 33.9 Å². The number of nitrogens with zero attached hydrogens (tertiary/aromatic N) is 2. The highest BCUT2D eigenvalue weighted by Gasteiger charge is 2.18. The first-order chi connectivity index (χ1) is 9.04. The normalized spacial score (nSPS) is 11.9. The summed E-state index contributed by atoms with van der Waals surface area (Å²) in [6.07, 6.45) is 0.510. The second-order valence-corrected chi connectivity index (χ2v) is 4.21. The van der Waals surface area contributed by atoms with Gasteiger partial charge in [-0.25, -0.2) is 0 Å². The minimum atomic E-state index is -0.553. The molecule has 0 aromatic heterocycles. The number of nitro groups is 1. The number of carbonyl (C=O) groups excluding carboxylic acids is 1. The van der Waals surface area contributed by atoms with Gasteiger partial charge in [-0.1, -0.05) is 0 Å². The SMILES string of the molecule is CCN(c1ccc([N+](=O)[O-])c(C=O)c1)C(C)COC. The van der Waals surface area contributed by atoms with Crippen LogP contribution in [0.5, 0.6) is 0 Å². The average molecular weight is 266 g/mol. The minimum Gasteiger partial charge on any atom is -0.383 e. The second-order valence-electron chi connectivity index (χ2n) is 4.21. The summed E-state index contributed by atoms with van der Waals surface area (Å²) in [4.78, 5) is 23.2. The molecule has 1 rings (SSSR count). The van der Waals surface area contributed by atoms with Gasteiger partial charge in [-0.05, 0) is 26.0 Å². The summed E-state index contributed by atoms with van der Waals surface area (Å²) in [6, 6.07) is 4.68. The Balaban J connectivity index is 3.12. The monoisotopic (exact) mass is 266 g/mol. The van der Waals surface area contributed by atoms with Crippen molar-refractivity contribution in [2.75, 3.05) is 25.2 Å². The molecule has 0 aliphatic carbocycles. The van der Waals surface area contributed by atoms with Gasteiger partial charge in [-0.15, -0.1) is 0 Å². The third-order valence-electron chi connectivity index (χ3n) is 2.95. The molecule has 0 spiro atoms. The van der Waals surface area contributed by atoms with Crippen LogP contribution in [0.1, 0.15) is 24.2 Å². The summed E-state index contributed by atoms with van der Waals surface area (Å²) in [5, 5.41) is 10.8. The van der Waals surface area contributed by atoms with Crippen molar-refractivity contribution in [1.82, 2.24) is 0 Å². The second kappa shape index (κ2) is 6.84. The summed E-state index contributed by atoms with van der Waals surface area (Å²) in [5.41, 5.74) is 0.694. The Morgan fingerprint density at radius 3 is 2.68 bits per heavy atom. The van der Waals surface area contributed by atoms with E-state index in [9.17, 15) is 14.9 Å². The number of nitro benzene ring substituents is 1. The predicted molar refractivity (Wildman–Crippen MR) is 72.8 cm³/mol. The van der Waals surface area contributed by atoms with Gasteiger partial charge in [0.25, 0.3) is 5.69 Å². The van der Waals surface area contributed by atoms with Gasteiger partial charge in [0.1, 0.15) is 0 Å². The topological polar surface area (TPSA) is 72.7 Å². The molecular formula is C13H18N2O4. The first-order valence-electron chi connectivity index (χ1n) is 6.04. The van der Waals surface area contributed by atoms with E-state index in [0.717, 1.165) is 12.2 Å². The molecule has 1 aromatic carbocycles. The van der Waals surface area contributed by atoms with Gasteiger partial charge in [-0.2, -0.15) is 0 Å². The Hall–Kier alpha value is -1.95. The maximum Gasteiger partial charge on any atom is 0.280 e. The van der Waals surface area contributed by atoms with Gasteiger partial charge in [0, 0.05) is 31.5 Å². The minimum absolute atomic E-state index is 0.0885. The molecule has 0 N–H and O–H groups in total. The lowest BCUT2D eigenvalue weighted by atomic mass is 10.1. The number of likely N-dealkylation sites (N-methyl/N-ethyl adjacent to an activating group) is 1. The fourth-order valence-corrected chi connectivity index (χ4v) is 2.06. The van der Waals surface area contributed by atoms with Crippen molar-refractivity contribution in [2.45, 2.75) is 19.9 Å². The molecule has 0 radical (unpaired) electrons. The molecule has 1 aromatic rings. The number of methoxy groups -OCH3 is 1. The number of hydrogen-bond acceptors (Lipinski definition) is 5. The summed E-state index contributed by atoms with van der Waals surface area (Å²) >= 11 is 0. The van der Waals surface area contributed by atoms with Crippen LogP contribution < -0.4 is 4.90 Å². The van der Waals surface area contributed by atoms with Crippen molar-refractivity contribution < 1.29 is 14.5 Å². The summed E-state index contributed by atoms with van der Waals surface area (Å²) in [7, 11) is 1.62. The largest absolute Gasteiger partial charge is 0.383 e. The van der Waals surface area contributed by atoms with Crippen molar-refractivity contribution >= 4 is 17.7 Å². The van der Waals surface area contributed by atoms with E-state index in [4.69, 9.17) is 4.74 Å². The van der Waals surface area contributed by atoms with Gasteiger partial charge in [0.05, 0.1) is 17.1 Å². The van der Waals surface area contributed by atoms with Crippen LogP contribution in [0.25, 0.3) is 0 Å². The van der Waals surface area contributed by atoms with E-state index in [1.54, 1.807) is 19.2 Å². The number of rotatable bonds is 7. The lowest BCUT2D eigenvalue weighted by molar-refractivity contribution is -0.385. The molecule has 0 fully saturated rings. The zero-order valence-corrected chi connectivity index (χ0v) is 11.3. The molecule has 19 heavy (non-hydrogen) atoms. The van der Waals surface area contributed by atoms with E-state index in [1.165, 1.54) is 6.07 Å². The molecule has 1 atom stereocenters. The van der Waals surface area contributed by atoms with Crippen LogP contribution in [0.4, 0.5) is 11.4 Å². The Labute approximate surface area is 112 Å². The molecule has 0 saturated carbocycles. The van der Waals surface area contributed by atoms with Crippen molar-refractivity contribution in [3.63, 3.8) is 0 Å². The summed E-state index contributed by atoms with van der Waals surface area (Å²) in [6.45, 7) is 5.24.